The number of esters is 1. The number of benzene rings is 2. The van der Waals surface area contributed by atoms with Crippen LogP contribution in [0, 0.1) is 0 Å². The number of methoxy groups -OCH3 is 2. The molecule has 2 aromatic carbocycles. The highest BCUT2D eigenvalue weighted by Crippen LogP contribution is 2.30. The van der Waals surface area contributed by atoms with Gasteiger partial charge in [-0.1, -0.05) is 12.1 Å². The smallest absolute Gasteiger partial charge is 0.338 e. The van der Waals surface area contributed by atoms with Gasteiger partial charge in [-0.3, -0.25) is 4.79 Å². The van der Waals surface area contributed by atoms with E-state index < -0.39 is 18.5 Å². The zero-order valence-corrected chi connectivity index (χ0v) is 15.6. The molecule has 8 nitrogen and oxygen atoms in total. The summed E-state index contributed by atoms with van der Waals surface area (Å²) >= 11 is 0. The third-order valence-corrected chi connectivity index (χ3v) is 4.05. The van der Waals surface area contributed by atoms with E-state index in [4.69, 9.17) is 23.7 Å². The van der Waals surface area contributed by atoms with Crippen LogP contribution in [0.4, 0.5) is 0 Å². The number of para-hydroxylation sites is 2. The van der Waals surface area contributed by atoms with Gasteiger partial charge in [-0.15, -0.1) is 0 Å². The minimum absolute atomic E-state index is 0.237. The highest BCUT2D eigenvalue weighted by Gasteiger charge is 2.21. The van der Waals surface area contributed by atoms with E-state index in [1.54, 1.807) is 12.1 Å². The molecule has 0 saturated heterocycles. The number of nitrogens with one attached hydrogen (secondary N) is 1. The highest BCUT2D eigenvalue weighted by molar-refractivity contribution is 5.92. The first-order valence-corrected chi connectivity index (χ1v) is 8.65. The Bertz CT molecular complexity index is 852. The van der Waals surface area contributed by atoms with Crippen molar-refractivity contribution in [3.05, 3.63) is 48.0 Å². The quantitative estimate of drug-likeness (QED) is 0.725. The predicted octanol–water partition coefficient (Wildman–Crippen LogP) is 1.82. The van der Waals surface area contributed by atoms with Crippen LogP contribution in [-0.2, 0) is 9.53 Å². The highest BCUT2D eigenvalue weighted by atomic mass is 16.6. The second-order valence-electron chi connectivity index (χ2n) is 5.95. The van der Waals surface area contributed by atoms with Crippen LogP contribution in [-0.4, -0.2) is 52.0 Å². The number of ether oxygens (including phenoxy) is 5. The molecule has 0 spiro atoms. The Labute approximate surface area is 162 Å². The van der Waals surface area contributed by atoms with Gasteiger partial charge >= 0.3 is 5.97 Å². The van der Waals surface area contributed by atoms with E-state index in [0.717, 1.165) is 0 Å². The molecule has 1 heterocycles. The molecule has 8 heteroatoms. The molecule has 0 bridgehead atoms. The Kier molecular flexibility index (Phi) is 6.21. The molecule has 0 unspecified atom stereocenters. The van der Waals surface area contributed by atoms with E-state index >= 15 is 0 Å². The lowest BCUT2D eigenvalue weighted by Crippen LogP contribution is -2.42. The molecule has 0 radical (unpaired) electrons. The van der Waals surface area contributed by atoms with Crippen LogP contribution in [0.1, 0.15) is 10.4 Å². The Morgan fingerprint density at radius 2 is 1.82 bits per heavy atom. The van der Waals surface area contributed by atoms with Crippen molar-refractivity contribution in [1.82, 2.24) is 5.32 Å². The van der Waals surface area contributed by atoms with Crippen molar-refractivity contribution >= 4 is 11.9 Å². The predicted molar refractivity (Wildman–Crippen MR) is 99.2 cm³/mol. The van der Waals surface area contributed by atoms with Crippen LogP contribution >= 0.6 is 0 Å². The van der Waals surface area contributed by atoms with Gasteiger partial charge < -0.3 is 29.0 Å². The molecular weight excluding hydrogens is 366 g/mol. The molecule has 1 aliphatic heterocycles. The molecule has 0 fully saturated rings. The minimum atomic E-state index is -0.637. The normalized spacial score (nSPS) is 14.7. The molecular formula is C20H21NO7. The van der Waals surface area contributed by atoms with Gasteiger partial charge in [0.25, 0.3) is 5.91 Å². The maximum absolute atomic E-state index is 12.1. The topological polar surface area (TPSA) is 92.3 Å². The van der Waals surface area contributed by atoms with E-state index in [0.29, 0.717) is 29.6 Å². The molecule has 148 valence electrons. The second-order valence-corrected chi connectivity index (χ2v) is 5.95. The molecule has 0 saturated carbocycles. The van der Waals surface area contributed by atoms with Crippen molar-refractivity contribution in [2.24, 2.45) is 0 Å². The Hall–Kier alpha value is -3.42. The van der Waals surface area contributed by atoms with Crippen molar-refractivity contribution in [1.29, 1.82) is 0 Å². The Balaban J connectivity index is 1.45. The molecule has 1 N–H and O–H groups in total. The summed E-state index contributed by atoms with van der Waals surface area (Å²) in [6, 6.07) is 11.9. The average Bonchev–Trinajstić information content (AvgIpc) is 2.75. The summed E-state index contributed by atoms with van der Waals surface area (Å²) in [5.74, 6) is 1.13. The number of rotatable bonds is 7. The Morgan fingerprint density at radius 3 is 2.57 bits per heavy atom. The molecule has 1 amide bonds. The van der Waals surface area contributed by atoms with Crippen molar-refractivity contribution in [3.63, 3.8) is 0 Å². The largest absolute Gasteiger partial charge is 0.493 e. The maximum Gasteiger partial charge on any atom is 0.338 e. The summed E-state index contributed by atoms with van der Waals surface area (Å²) in [4.78, 5) is 24.1. The lowest BCUT2D eigenvalue weighted by atomic mass is 10.2. The van der Waals surface area contributed by atoms with Crippen molar-refractivity contribution in [3.8, 4) is 23.0 Å². The lowest BCUT2D eigenvalue weighted by Gasteiger charge is -2.26. The second kappa shape index (κ2) is 8.98. The summed E-state index contributed by atoms with van der Waals surface area (Å²) in [6.07, 6.45) is -0.319. The van der Waals surface area contributed by atoms with Gasteiger partial charge in [-0.25, -0.2) is 4.79 Å². The van der Waals surface area contributed by atoms with Gasteiger partial charge in [0, 0.05) is 0 Å². The summed E-state index contributed by atoms with van der Waals surface area (Å²) in [7, 11) is 2.97. The summed E-state index contributed by atoms with van der Waals surface area (Å²) in [5, 5.41) is 2.66. The van der Waals surface area contributed by atoms with E-state index in [-0.39, 0.29) is 18.2 Å². The molecule has 2 aromatic rings. The van der Waals surface area contributed by atoms with Crippen LogP contribution in [0.5, 0.6) is 23.0 Å². The summed E-state index contributed by atoms with van der Waals surface area (Å²) < 4.78 is 26.6. The molecule has 0 aliphatic carbocycles. The van der Waals surface area contributed by atoms with E-state index in [1.165, 1.54) is 26.4 Å². The fourth-order valence-electron chi connectivity index (χ4n) is 2.62. The number of fused-ring (bicyclic) bond motifs is 1. The van der Waals surface area contributed by atoms with Gasteiger partial charge in [0.1, 0.15) is 12.7 Å². The van der Waals surface area contributed by atoms with Crippen molar-refractivity contribution < 1.29 is 33.3 Å². The molecule has 1 aliphatic rings. The third kappa shape index (κ3) is 4.64. The van der Waals surface area contributed by atoms with Gasteiger partial charge in [-0.05, 0) is 30.3 Å². The molecule has 0 aromatic heterocycles. The molecule has 3 rings (SSSR count). The number of hydrogen-bond acceptors (Lipinski definition) is 7. The number of carbonyl (C=O) groups excluding carboxylic acids is 2. The van der Waals surface area contributed by atoms with Crippen molar-refractivity contribution in [2.45, 2.75) is 6.10 Å². The van der Waals surface area contributed by atoms with Crippen LogP contribution in [0.15, 0.2) is 42.5 Å². The van der Waals surface area contributed by atoms with Gasteiger partial charge in [0.2, 0.25) is 0 Å². The van der Waals surface area contributed by atoms with Gasteiger partial charge in [0.05, 0.1) is 26.3 Å². The zero-order chi connectivity index (χ0) is 19.9. The first-order chi connectivity index (χ1) is 13.6. The summed E-state index contributed by atoms with van der Waals surface area (Å²) in [5.41, 5.74) is 0.256. The van der Waals surface area contributed by atoms with Gasteiger partial charge in [0.15, 0.2) is 29.6 Å². The summed E-state index contributed by atoms with van der Waals surface area (Å²) in [6.45, 7) is 0.154. The minimum Gasteiger partial charge on any atom is -0.493 e. The maximum atomic E-state index is 12.1. The SMILES string of the molecule is COc1ccc(C(=O)OCC(=O)NC[C@H]2COc3ccccc3O2)cc1OC. The van der Waals surface area contributed by atoms with Crippen LogP contribution in [0.25, 0.3) is 0 Å². The first kappa shape index (κ1) is 19.3. The van der Waals surface area contributed by atoms with Crippen LogP contribution < -0.4 is 24.3 Å². The fourth-order valence-corrected chi connectivity index (χ4v) is 2.62. The molecule has 1 atom stereocenters. The first-order valence-electron chi connectivity index (χ1n) is 8.65. The fraction of sp³-hybridized carbons (Fsp3) is 0.300. The average molecular weight is 387 g/mol. The monoisotopic (exact) mass is 387 g/mol. The lowest BCUT2D eigenvalue weighted by molar-refractivity contribution is -0.124. The zero-order valence-electron chi connectivity index (χ0n) is 15.6. The third-order valence-electron chi connectivity index (χ3n) is 4.05. The van der Waals surface area contributed by atoms with E-state index in [1.807, 2.05) is 18.2 Å². The van der Waals surface area contributed by atoms with E-state index in [2.05, 4.69) is 5.32 Å². The number of hydrogen-bond donors (Lipinski definition) is 1. The molecule has 28 heavy (non-hydrogen) atoms. The number of amides is 1. The standard InChI is InChI=1S/C20H21NO7/c1-24-15-8-7-13(9-18(15)25-2)20(23)27-12-19(22)21-10-14-11-26-16-5-3-4-6-17(16)28-14/h3-9,14H,10-12H2,1-2H3,(H,21,22)/t14-/m0/s1. The Morgan fingerprint density at radius 1 is 1.07 bits per heavy atom. The van der Waals surface area contributed by atoms with Crippen molar-refractivity contribution in [2.75, 3.05) is 34.0 Å². The van der Waals surface area contributed by atoms with Crippen LogP contribution in [0.3, 0.4) is 0 Å². The van der Waals surface area contributed by atoms with E-state index in [9.17, 15) is 9.59 Å². The number of carbonyl (C=O) groups is 2. The van der Waals surface area contributed by atoms with Gasteiger partial charge in [-0.2, -0.15) is 0 Å². The van der Waals surface area contributed by atoms with Crippen LogP contribution in [0.2, 0.25) is 0 Å².